The Morgan fingerprint density at radius 2 is 2.19 bits per heavy atom. The average molecular weight is 310 g/mol. The summed E-state index contributed by atoms with van der Waals surface area (Å²) in [7, 11) is 0. The number of carbonyl (C=O) groups excluding carboxylic acids is 1. The molecule has 21 heavy (non-hydrogen) atoms. The Hall–Kier alpha value is -0.970. The van der Waals surface area contributed by atoms with Gasteiger partial charge in [0, 0.05) is 23.8 Å². The Labute approximate surface area is 131 Å². The second-order valence-electron chi connectivity index (χ2n) is 6.01. The zero-order valence-corrected chi connectivity index (χ0v) is 13.9. The highest BCUT2D eigenvalue weighted by Gasteiger charge is 2.15. The van der Waals surface area contributed by atoms with Gasteiger partial charge >= 0.3 is 0 Å². The molecule has 1 aliphatic rings. The summed E-state index contributed by atoms with van der Waals surface area (Å²) in [5.41, 5.74) is 0.388. The molecule has 0 saturated heterocycles. The molecule has 1 aromatic rings. The molecule has 5 heteroatoms. The van der Waals surface area contributed by atoms with Crippen molar-refractivity contribution in [1.82, 2.24) is 10.5 Å². The van der Waals surface area contributed by atoms with Crippen LogP contribution in [0, 0.1) is 0 Å². The summed E-state index contributed by atoms with van der Waals surface area (Å²) >= 11 is 2.07. The highest BCUT2D eigenvalue weighted by atomic mass is 32.2. The molecule has 0 aliphatic heterocycles. The largest absolute Gasteiger partial charge is 0.360 e. The molecule has 0 bridgehead atoms. The van der Waals surface area contributed by atoms with Gasteiger partial charge in [-0.15, -0.1) is 0 Å². The molecule has 1 saturated carbocycles. The fourth-order valence-electron chi connectivity index (χ4n) is 2.51. The third-order valence-electron chi connectivity index (χ3n) is 3.84. The summed E-state index contributed by atoms with van der Waals surface area (Å²) in [5, 5.41) is 7.58. The molecule has 1 aliphatic carbocycles. The Morgan fingerprint density at radius 3 is 2.86 bits per heavy atom. The molecule has 0 unspecified atom stereocenters. The van der Waals surface area contributed by atoms with Crippen LogP contribution >= 0.6 is 11.8 Å². The van der Waals surface area contributed by atoms with Gasteiger partial charge in [-0.1, -0.05) is 38.3 Å². The lowest BCUT2D eigenvalue weighted by Gasteiger charge is -2.20. The number of amides is 1. The number of hydrogen-bond donors (Lipinski definition) is 1. The maximum atomic E-state index is 11.9. The summed E-state index contributed by atoms with van der Waals surface area (Å²) in [6.07, 6.45) is 7.93. The van der Waals surface area contributed by atoms with Crippen LogP contribution in [-0.2, 0) is 0 Å². The molecule has 1 aromatic heterocycles. The van der Waals surface area contributed by atoms with Gasteiger partial charge < -0.3 is 9.84 Å². The molecule has 0 aromatic carbocycles. The van der Waals surface area contributed by atoms with E-state index >= 15 is 0 Å². The summed E-state index contributed by atoms with van der Waals surface area (Å²) in [4.78, 5) is 11.9. The van der Waals surface area contributed by atoms with E-state index in [-0.39, 0.29) is 11.8 Å². The molecule has 2 rings (SSSR count). The summed E-state index contributed by atoms with van der Waals surface area (Å²) < 4.78 is 5.14. The first-order chi connectivity index (χ1) is 10.2. The van der Waals surface area contributed by atoms with Gasteiger partial charge in [0.05, 0.1) is 0 Å². The molecule has 118 valence electrons. The average Bonchev–Trinajstić information content (AvgIpc) is 2.98. The summed E-state index contributed by atoms with van der Waals surface area (Å²) in [5.74, 6) is 2.01. The van der Waals surface area contributed by atoms with Crippen molar-refractivity contribution < 1.29 is 9.32 Å². The van der Waals surface area contributed by atoms with E-state index in [0.29, 0.717) is 12.2 Å². The smallest absolute Gasteiger partial charge is 0.273 e. The normalized spacial score (nSPS) is 16.3. The zero-order chi connectivity index (χ0) is 15.1. The van der Waals surface area contributed by atoms with Crippen molar-refractivity contribution in [1.29, 1.82) is 0 Å². The third kappa shape index (κ3) is 5.38. The molecular formula is C16H26N2O2S. The second kappa shape index (κ2) is 8.47. The predicted octanol–water partition coefficient (Wildman–Crippen LogP) is 3.98. The molecule has 1 N–H and O–H groups in total. The van der Waals surface area contributed by atoms with Crippen LogP contribution in [0.4, 0.5) is 0 Å². The van der Waals surface area contributed by atoms with E-state index in [2.05, 4.69) is 22.2 Å². The van der Waals surface area contributed by atoms with Crippen molar-refractivity contribution in [2.24, 2.45) is 0 Å². The van der Waals surface area contributed by atoms with Crippen molar-refractivity contribution in [3.05, 3.63) is 17.5 Å². The standard InChI is InChI=1S/C16H26N2O2S/c1-12(2)15-11-14(18-20-15)16(19)17-9-6-10-21-13-7-4-3-5-8-13/h11-13H,3-10H2,1-2H3,(H,17,19). The van der Waals surface area contributed by atoms with Crippen molar-refractivity contribution in [2.75, 3.05) is 12.3 Å². The van der Waals surface area contributed by atoms with E-state index < -0.39 is 0 Å². The topological polar surface area (TPSA) is 55.1 Å². The van der Waals surface area contributed by atoms with E-state index in [0.717, 1.165) is 23.2 Å². The van der Waals surface area contributed by atoms with Crippen molar-refractivity contribution in [2.45, 2.75) is 63.5 Å². The van der Waals surface area contributed by atoms with E-state index in [4.69, 9.17) is 4.52 Å². The lowest BCUT2D eigenvalue weighted by Crippen LogP contribution is -2.25. The van der Waals surface area contributed by atoms with Crippen molar-refractivity contribution in [3.63, 3.8) is 0 Å². The van der Waals surface area contributed by atoms with Crippen LogP contribution in [0.3, 0.4) is 0 Å². The summed E-state index contributed by atoms with van der Waals surface area (Å²) in [6.45, 7) is 4.75. The van der Waals surface area contributed by atoms with Crippen LogP contribution in [0.2, 0.25) is 0 Å². The number of rotatable bonds is 7. The van der Waals surface area contributed by atoms with E-state index in [1.54, 1.807) is 6.07 Å². The second-order valence-corrected chi connectivity index (χ2v) is 7.42. The minimum absolute atomic E-state index is 0.131. The lowest BCUT2D eigenvalue weighted by atomic mass is 10.0. The minimum Gasteiger partial charge on any atom is -0.360 e. The van der Waals surface area contributed by atoms with Gasteiger partial charge in [-0.05, 0) is 25.0 Å². The van der Waals surface area contributed by atoms with E-state index in [1.165, 1.54) is 32.1 Å². The van der Waals surface area contributed by atoms with Crippen LogP contribution in [0.1, 0.15) is 74.5 Å². The van der Waals surface area contributed by atoms with Gasteiger partial charge in [0.25, 0.3) is 5.91 Å². The molecule has 4 nitrogen and oxygen atoms in total. The number of carbonyl (C=O) groups is 1. The minimum atomic E-state index is -0.131. The van der Waals surface area contributed by atoms with Crippen molar-refractivity contribution >= 4 is 17.7 Å². The Morgan fingerprint density at radius 1 is 1.43 bits per heavy atom. The lowest BCUT2D eigenvalue weighted by molar-refractivity contribution is 0.0944. The molecule has 1 heterocycles. The first-order valence-corrected chi connectivity index (χ1v) is 9.08. The van der Waals surface area contributed by atoms with Crippen molar-refractivity contribution in [3.8, 4) is 0 Å². The Balaban J connectivity index is 1.60. The van der Waals surface area contributed by atoms with Gasteiger partial charge in [-0.25, -0.2) is 0 Å². The highest BCUT2D eigenvalue weighted by molar-refractivity contribution is 7.99. The number of thioether (sulfide) groups is 1. The monoisotopic (exact) mass is 310 g/mol. The van der Waals surface area contributed by atoms with Gasteiger partial charge in [0.1, 0.15) is 5.76 Å². The van der Waals surface area contributed by atoms with E-state index in [1.807, 2.05) is 13.8 Å². The van der Waals surface area contributed by atoms with Gasteiger partial charge in [0.15, 0.2) is 5.69 Å². The first-order valence-electron chi connectivity index (χ1n) is 8.03. The number of nitrogens with zero attached hydrogens (tertiary/aromatic N) is 1. The fraction of sp³-hybridized carbons (Fsp3) is 0.750. The number of hydrogen-bond acceptors (Lipinski definition) is 4. The quantitative estimate of drug-likeness (QED) is 0.774. The first kappa shape index (κ1) is 16.4. The Bertz CT molecular complexity index is 439. The predicted molar refractivity (Wildman–Crippen MR) is 86.9 cm³/mol. The van der Waals surface area contributed by atoms with Crippen LogP contribution in [0.5, 0.6) is 0 Å². The Kier molecular flexibility index (Phi) is 6.61. The molecule has 0 spiro atoms. The van der Waals surface area contributed by atoms with E-state index in [9.17, 15) is 4.79 Å². The van der Waals surface area contributed by atoms with Crippen LogP contribution in [0.25, 0.3) is 0 Å². The maximum Gasteiger partial charge on any atom is 0.273 e. The maximum absolute atomic E-state index is 11.9. The third-order valence-corrected chi connectivity index (χ3v) is 5.31. The number of nitrogens with one attached hydrogen (secondary N) is 1. The zero-order valence-electron chi connectivity index (χ0n) is 13.1. The van der Waals surface area contributed by atoms with Gasteiger partial charge in [0.2, 0.25) is 0 Å². The number of aromatic nitrogens is 1. The molecule has 1 amide bonds. The molecule has 0 radical (unpaired) electrons. The molecule has 0 atom stereocenters. The van der Waals surface area contributed by atoms with Crippen LogP contribution in [-0.4, -0.2) is 28.6 Å². The van der Waals surface area contributed by atoms with Crippen LogP contribution < -0.4 is 5.32 Å². The fourth-order valence-corrected chi connectivity index (χ4v) is 3.83. The SMILES string of the molecule is CC(C)c1cc(C(=O)NCCCSC2CCCCC2)no1. The van der Waals surface area contributed by atoms with Gasteiger partial charge in [-0.3, -0.25) is 4.79 Å². The highest BCUT2D eigenvalue weighted by Crippen LogP contribution is 2.28. The van der Waals surface area contributed by atoms with Gasteiger partial charge in [-0.2, -0.15) is 11.8 Å². The van der Waals surface area contributed by atoms with Crippen LogP contribution in [0.15, 0.2) is 10.6 Å². The molecular weight excluding hydrogens is 284 g/mol. The molecule has 1 fully saturated rings. The summed E-state index contributed by atoms with van der Waals surface area (Å²) in [6, 6.07) is 1.73.